The third-order valence-electron chi connectivity index (χ3n) is 2.60. The maximum atomic E-state index is 4.20. The third kappa shape index (κ3) is 3.98. The van der Waals surface area contributed by atoms with Crippen LogP contribution in [0.5, 0.6) is 0 Å². The summed E-state index contributed by atoms with van der Waals surface area (Å²) in [6.45, 7) is 1.90. The normalized spacial score (nSPS) is 10.6. The van der Waals surface area contributed by atoms with E-state index >= 15 is 0 Å². The van der Waals surface area contributed by atoms with Crippen molar-refractivity contribution in [3.63, 3.8) is 0 Å². The molecule has 0 unspecified atom stereocenters. The summed E-state index contributed by atoms with van der Waals surface area (Å²) in [7, 11) is 0. The number of rotatable bonds is 6. The first-order chi connectivity index (χ1) is 8.36. The smallest absolute Gasteiger partial charge is 0.106 e. The van der Waals surface area contributed by atoms with Gasteiger partial charge >= 0.3 is 0 Å². The first-order valence-corrected chi connectivity index (χ1v) is 6.58. The van der Waals surface area contributed by atoms with E-state index in [0.717, 1.165) is 31.8 Å². The van der Waals surface area contributed by atoms with Gasteiger partial charge in [0.05, 0.1) is 0 Å². The minimum atomic E-state index is 0.902. The monoisotopic (exact) mass is 293 g/mol. The Kier molecular flexibility index (Phi) is 4.76. The van der Waals surface area contributed by atoms with Crippen molar-refractivity contribution < 1.29 is 0 Å². The highest BCUT2D eigenvalue weighted by atomic mass is 79.9. The zero-order valence-corrected chi connectivity index (χ0v) is 11.2. The second kappa shape index (κ2) is 6.57. The van der Waals surface area contributed by atoms with Crippen molar-refractivity contribution in [2.24, 2.45) is 0 Å². The zero-order chi connectivity index (χ0) is 11.9. The number of benzene rings is 1. The summed E-state index contributed by atoms with van der Waals surface area (Å²) in [4.78, 5) is 7.30. The lowest BCUT2D eigenvalue weighted by Crippen LogP contribution is -2.15. The number of aromatic nitrogens is 2. The first kappa shape index (κ1) is 12.3. The SMILES string of the molecule is Brc1ccccc1CNCCCc1ncc[nH]1. The highest BCUT2D eigenvalue weighted by Gasteiger charge is 1.98. The van der Waals surface area contributed by atoms with Crippen LogP contribution in [0.2, 0.25) is 0 Å². The lowest BCUT2D eigenvalue weighted by Gasteiger charge is -2.06. The Morgan fingerprint density at radius 2 is 2.18 bits per heavy atom. The molecule has 1 aromatic carbocycles. The van der Waals surface area contributed by atoms with Gasteiger partial charge in [-0.15, -0.1) is 0 Å². The molecule has 0 aliphatic heterocycles. The van der Waals surface area contributed by atoms with Crippen molar-refractivity contribution in [1.82, 2.24) is 15.3 Å². The van der Waals surface area contributed by atoms with Crippen molar-refractivity contribution in [3.8, 4) is 0 Å². The molecule has 4 heteroatoms. The van der Waals surface area contributed by atoms with Gasteiger partial charge in [-0.2, -0.15) is 0 Å². The van der Waals surface area contributed by atoms with Gasteiger partial charge in [0.1, 0.15) is 5.82 Å². The Bertz CT molecular complexity index is 440. The van der Waals surface area contributed by atoms with Gasteiger partial charge in [-0.1, -0.05) is 34.1 Å². The van der Waals surface area contributed by atoms with E-state index in [-0.39, 0.29) is 0 Å². The average Bonchev–Trinajstić information content (AvgIpc) is 2.84. The fourth-order valence-electron chi connectivity index (χ4n) is 1.68. The van der Waals surface area contributed by atoms with Crippen LogP contribution in [0.15, 0.2) is 41.1 Å². The molecule has 0 saturated heterocycles. The van der Waals surface area contributed by atoms with E-state index in [4.69, 9.17) is 0 Å². The molecule has 0 fully saturated rings. The number of nitrogens with zero attached hydrogens (tertiary/aromatic N) is 1. The van der Waals surface area contributed by atoms with E-state index in [1.807, 2.05) is 12.3 Å². The van der Waals surface area contributed by atoms with E-state index in [0.29, 0.717) is 0 Å². The van der Waals surface area contributed by atoms with Crippen LogP contribution < -0.4 is 5.32 Å². The maximum Gasteiger partial charge on any atom is 0.106 e. The number of aryl methyl sites for hydroxylation is 1. The van der Waals surface area contributed by atoms with Crippen molar-refractivity contribution in [3.05, 3.63) is 52.5 Å². The van der Waals surface area contributed by atoms with Crippen molar-refractivity contribution in [1.29, 1.82) is 0 Å². The van der Waals surface area contributed by atoms with Crippen molar-refractivity contribution >= 4 is 15.9 Å². The molecule has 2 aromatic rings. The number of imidazole rings is 1. The van der Waals surface area contributed by atoms with E-state index in [2.05, 4.69) is 49.4 Å². The summed E-state index contributed by atoms with van der Waals surface area (Å²) in [5.74, 6) is 1.06. The van der Waals surface area contributed by atoms with Crippen LogP contribution in [0, 0.1) is 0 Å². The Morgan fingerprint density at radius 3 is 2.94 bits per heavy atom. The Balaban J connectivity index is 1.65. The average molecular weight is 294 g/mol. The van der Waals surface area contributed by atoms with Crippen LogP contribution in [0.25, 0.3) is 0 Å². The minimum absolute atomic E-state index is 0.902. The molecule has 1 heterocycles. The molecule has 0 bridgehead atoms. The number of hydrogen-bond acceptors (Lipinski definition) is 2. The van der Waals surface area contributed by atoms with E-state index in [9.17, 15) is 0 Å². The van der Waals surface area contributed by atoms with Gasteiger partial charge in [0.25, 0.3) is 0 Å². The number of H-pyrrole nitrogens is 1. The quantitative estimate of drug-likeness (QED) is 0.804. The van der Waals surface area contributed by atoms with Crippen LogP contribution in [0.3, 0.4) is 0 Å². The number of aromatic amines is 1. The molecule has 0 radical (unpaired) electrons. The number of halogens is 1. The molecule has 0 saturated carbocycles. The molecule has 0 aliphatic carbocycles. The van der Waals surface area contributed by atoms with Gasteiger partial charge < -0.3 is 10.3 Å². The molecule has 0 aliphatic rings. The van der Waals surface area contributed by atoms with Gasteiger partial charge in [0.2, 0.25) is 0 Å². The van der Waals surface area contributed by atoms with Crippen LogP contribution in [-0.4, -0.2) is 16.5 Å². The van der Waals surface area contributed by atoms with E-state index < -0.39 is 0 Å². The fourth-order valence-corrected chi connectivity index (χ4v) is 2.11. The van der Waals surface area contributed by atoms with Gasteiger partial charge in [-0.05, 0) is 24.6 Å². The van der Waals surface area contributed by atoms with Crippen LogP contribution >= 0.6 is 15.9 Å². The largest absolute Gasteiger partial charge is 0.349 e. The van der Waals surface area contributed by atoms with Crippen LogP contribution in [0.4, 0.5) is 0 Å². The summed E-state index contributed by atoms with van der Waals surface area (Å²) in [5, 5.41) is 3.43. The molecule has 0 amide bonds. The van der Waals surface area contributed by atoms with Gasteiger partial charge in [-0.3, -0.25) is 0 Å². The van der Waals surface area contributed by atoms with Gasteiger partial charge in [-0.25, -0.2) is 4.98 Å². The summed E-state index contributed by atoms with van der Waals surface area (Å²) in [5.41, 5.74) is 1.30. The van der Waals surface area contributed by atoms with Gasteiger partial charge in [0, 0.05) is 29.8 Å². The minimum Gasteiger partial charge on any atom is -0.349 e. The molecule has 0 atom stereocenters. The fraction of sp³-hybridized carbons (Fsp3) is 0.308. The number of nitrogens with one attached hydrogen (secondary N) is 2. The molecule has 17 heavy (non-hydrogen) atoms. The Labute approximate surface area is 110 Å². The van der Waals surface area contributed by atoms with Crippen LogP contribution in [0.1, 0.15) is 17.8 Å². The molecule has 2 N–H and O–H groups in total. The molecular formula is C13H16BrN3. The number of hydrogen-bond donors (Lipinski definition) is 2. The summed E-state index contributed by atoms with van der Waals surface area (Å²) in [6.07, 6.45) is 5.75. The highest BCUT2D eigenvalue weighted by Crippen LogP contribution is 2.15. The first-order valence-electron chi connectivity index (χ1n) is 5.78. The van der Waals surface area contributed by atoms with Crippen molar-refractivity contribution in [2.45, 2.75) is 19.4 Å². The Morgan fingerprint density at radius 1 is 1.29 bits per heavy atom. The molecule has 3 nitrogen and oxygen atoms in total. The summed E-state index contributed by atoms with van der Waals surface area (Å²) < 4.78 is 1.17. The molecule has 0 spiro atoms. The van der Waals surface area contributed by atoms with E-state index in [1.165, 1.54) is 10.0 Å². The summed E-state index contributed by atoms with van der Waals surface area (Å²) in [6, 6.07) is 8.29. The molecule has 1 aromatic heterocycles. The lowest BCUT2D eigenvalue weighted by atomic mass is 10.2. The lowest BCUT2D eigenvalue weighted by molar-refractivity contribution is 0.640. The molecule has 90 valence electrons. The third-order valence-corrected chi connectivity index (χ3v) is 3.37. The molecular weight excluding hydrogens is 278 g/mol. The standard InChI is InChI=1S/C13H16BrN3/c14-12-5-2-1-4-11(12)10-15-7-3-6-13-16-8-9-17-13/h1-2,4-5,8-9,15H,3,6-7,10H2,(H,16,17). The second-order valence-corrected chi connectivity index (χ2v) is 4.76. The maximum absolute atomic E-state index is 4.20. The predicted molar refractivity (Wildman–Crippen MR) is 72.8 cm³/mol. The second-order valence-electron chi connectivity index (χ2n) is 3.91. The van der Waals surface area contributed by atoms with Crippen molar-refractivity contribution in [2.75, 3.05) is 6.54 Å². The van der Waals surface area contributed by atoms with Gasteiger partial charge in [0.15, 0.2) is 0 Å². The van der Waals surface area contributed by atoms with Crippen LogP contribution in [-0.2, 0) is 13.0 Å². The topological polar surface area (TPSA) is 40.7 Å². The summed E-state index contributed by atoms with van der Waals surface area (Å²) >= 11 is 3.54. The highest BCUT2D eigenvalue weighted by molar-refractivity contribution is 9.10. The molecule has 2 rings (SSSR count). The zero-order valence-electron chi connectivity index (χ0n) is 9.62. The Hall–Kier alpha value is -1.13. The predicted octanol–water partition coefficient (Wildman–Crippen LogP) is 2.89. The van der Waals surface area contributed by atoms with E-state index in [1.54, 1.807) is 6.20 Å².